The zero-order chi connectivity index (χ0) is 17.6. The van der Waals surface area contributed by atoms with Gasteiger partial charge >= 0.3 is 0 Å². The Morgan fingerprint density at radius 3 is 1.92 bits per heavy atom. The summed E-state index contributed by atoms with van der Waals surface area (Å²) in [5.74, 6) is 3.28. The Balaban J connectivity index is 2.07. The second-order valence-electron chi connectivity index (χ2n) is 8.21. The molecule has 0 aromatic carbocycles. The molecule has 0 N–H and O–H groups in total. The molecule has 136 valence electrons. The maximum Gasteiger partial charge on any atom is 0.152 e. The van der Waals surface area contributed by atoms with Gasteiger partial charge in [-0.15, -0.1) is 47.0 Å². The van der Waals surface area contributed by atoms with E-state index in [0.717, 1.165) is 12.8 Å². The van der Waals surface area contributed by atoms with Crippen LogP contribution in [0.5, 0.6) is 0 Å². The number of Topliss-reactive ketones (excluding diaryl/α,β-unsaturated/α-hetero) is 2. The predicted molar refractivity (Wildman–Crippen MR) is 112 cm³/mol. The molecule has 4 unspecified atom stereocenters. The lowest BCUT2D eigenvalue weighted by Gasteiger charge is -2.59. The van der Waals surface area contributed by atoms with E-state index in [-0.39, 0.29) is 19.0 Å². The lowest BCUT2D eigenvalue weighted by Crippen LogP contribution is -2.61. The van der Waals surface area contributed by atoms with Crippen molar-refractivity contribution in [3.05, 3.63) is 0 Å². The minimum atomic E-state index is -0.0125. The molecule has 24 heavy (non-hydrogen) atoms. The van der Waals surface area contributed by atoms with Crippen LogP contribution in [0.4, 0.5) is 0 Å². The normalized spacial score (nSPS) is 47.7. The Hall–Kier alpha value is 0.740. The van der Waals surface area contributed by atoms with Crippen molar-refractivity contribution in [2.24, 2.45) is 0 Å². The van der Waals surface area contributed by atoms with Gasteiger partial charge in [0.1, 0.15) is 0 Å². The fourth-order valence-corrected chi connectivity index (χ4v) is 11.1. The summed E-state index contributed by atoms with van der Waals surface area (Å²) in [6.07, 6.45) is 4.64. The fourth-order valence-electron chi connectivity index (χ4n) is 4.44. The molecule has 2 aliphatic heterocycles. The molecule has 6 heteroatoms. The molecular formula is C18H28O2S4. The highest BCUT2D eigenvalue weighted by Crippen LogP contribution is 2.63. The van der Waals surface area contributed by atoms with Gasteiger partial charge < -0.3 is 0 Å². The topological polar surface area (TPSA) is 34.1 Å². The number of fused-ring (bicyclic) bond motifs is 4. The van der Waals surface area contributed by atoms with Crippen LogP contribution >= 0.6 is 47.0 Å². The van der Waals surface area contributed by atoms with Crippen LogP contribution in [0.2, 0.25) is 0 Å². The predicted octanol–water partition coefficient (Wildman–Crippen LogP) is 4.69. The van der Waals surface area contributed by atoms with Gasteiger partial charge in [-0.1, -0.05) is 13.3 Å². The molecule has 2 heterocycles. The fraction of sp³-hybridized carbons (Fsp3) is 0.889. The van der Waals surface area contributed by atoms with E-state index >= 15 is 0 Å². The maximum atomic E-state index is 12.3. The summed E-state index contributed by atoms with van der Waals surface area (Å²) in [6, 6.07) is 0. The minimum Gasteiger partial charge on any atom is -0.298 e. The third kappa shape index (κ3) is 3.34. The average molecular weight is 405 g/mol. The summed E-state index contributed by atoms with van der Waals surface area (Å²) in [4.78, 5) is 24.5. The van der Waals surface area contributed by atoms with Gasteiger partial charge in [0.15, 0.2) is 11.6 Å². The largest absolute Gasteiger partial charge is 0.298 e. The van der Waals surface area contributed by atoms with Crippen LogP contribution in [0.15, 0.2) is 0 Å². The van der Waals surface area contributed by atoms with Crippen LogP contribution in [0.3, 0.4) is 0 Å². The van der Waals surface area contributed by atoms with Gasteiger partial charge in [-0.2, -0.15) is 0 Å². The zero-order valence-corrected chi connectivity index (χ0v) is 18.4. The lowest BCUT2D eigenvalue weighted by atomic mass is 9.72. The summed E-state index contributed by atoms with van der Waals surface area (Å²) < 4.78 is 0.243. The zero-order valence-electron chi connectivity index (χ0n) is 15.1. The van der Waals surface area contributed by atoms with Gasteiger partial charge in [-0.25, -0.2) is 0 Å². The van der Waals surface area contributed by atoms with Crippen LogP contribution in [0, 0.1) is 0 Å². The summed E-state index contributed by atoms with van der Waals surface area (Å²) in [5, 5.41) is 0. The van der Waals surface area contributed by atoms with Crippen molar-refractivity contribution in [3.8, 4) is 0 Å². The van der Waals surface area contributed by atoms with Crippen LogP contribution in [0.1, 0.15) is 53.4 Å². The number of carbonyl (C=O) groups is 2. The van der Waals surface area contributed by atoms with Crippen molar-refractivity contribution < 1.29 is 9.59 Å². The highest BCUT2D eigenvalue weighted by molar-refractivity contribution is 8.08. The summed E-state index contributed by atoms with van der Waals surface area (Å²) in [5.41, 5.74) is 0. The Morgan fingerprint density at radius 2 is 1.25 bits per heavy atom. The quantitative estimate of drug-likeness (QED) is 0.582. The van der Waals surface area contributed by atoms with Gasteiger partial charge in [0.05, 0.1) is 23.0 Å². The molecule has 0 spiro atoms. The van der Waals surface area contributed by atoms with E-state index in [2.05, 4.69) is 27.7 Å². The molecule has 1 aliphatic carbocycles. The van der Waals surface area contributed by atoms with Crippen LogP contribution < -0.4 is 0 Å². The number of hydrogen-bond acceptors (Lipinski definition) is 6. The number of carbonyl (C=O) groups excluding carboxylic acids is 2. The first-order valence-electron chi connectivity index (χ1n) is 8.71. The van der Waals surface area contributed by atoms with Gasteiger partial charge in [0.25, 0.3) is 0 Å². The van der Waals surface area contributed by atoms with E-state index in [0.29, 0.717) is 34.6 Å². The lowest BCUT2D eigenvalue weighted by molar-refractivity contribution is -0.115. The Morgan fingerprint density at radius 1 is 0.708 bits per heavy atom. The third-order valence-corrected chi connectivity index (χ3v) is 13.4. The average Bonchev–Trinajstić information content (AvgIpc) is 2.62. The first kappa shape index (κ1) is 19.5. The molecule has 2 saturated heterocycles. The Kier molecular flexibility index (Phi) is 5.46. The van der Waals surface area contributed by atoms with Crippen LogP contribution in [-0.2, 0) is 9.59 Å². The van der Waals surface area contributed by atoms with Gasteiger partial charge in [0, 0.05) is 19.0 Å². The van der Waals surface area contributed by atoms with Gasteiger partial charge in [0.2, 0.25) is 0 Å². The molecule has 3 aliphatic rings. The van der Waals surface area contributed by atoms with Gasteiger partial charge in [-0.05, 0) is 40.0 Å². The molecular weight excluding hydrogens is 376 g/mol. The van der Waals surface area contributed by atoms with Crippen molar-refractivity contribution in [1.82, 2.24) is 0 Å². The highest BCUT2D eigenvalue weighted by atomic mass is 32.2. The summed E-state index contributed by atoms with van der Waals surface area (Å²) in [6.45, 7) is 9.51. The van der Waals surface area contributed by atoms with Crippen molar-refractivity contribution in [3.63, 3.8) is 0 Å². The second-order valence-corrected chi connectivity index (χ2v) is 14.1. The molecule has 0 radical (unpaired) electrons. The molecule has 2 nitrogen and oxygen atoms in total. The monoisotopic (exact) mass is 404 g/mol. The number of hydrogen-bond donors (Lipinski definition) is 0. The Labute approximate surface area is 163 Å². The molecule has 0 aromatic heterocycles. The van der Waals surface area contributed by atoms with E-state index in [4.69, 9.17) is 0 Å². The molecule has 0 aromatic rings. The Bertz CT molecular complexity index is 553. The van der Waals surface area contributed by atoms with Crippen molar-refractivity contribution in [2.75, 3.05) is 23.0 Å². The number of rotatable bonds is 0. The van der Waals surface area contributed by atoms with Crippen LogP contribution in [-0.4, -0.2) is 53.6 Å². The number of ketones is 2. The minimum absolute atomic E-state index is 0.00227. The standard InChI is InChI=1S/C18H28O2S4/c1-15-6-5-7-16(2)18(4,24-11-14(20)9-22-16)17(3,12-15)23-10-13(19)8-21-15/h5-12H2,1-4H3. The van der Waals surface area contributed by atoms with Crippen molar-refractivity contribution in [1.29, 1.82) is 0 Å². The first-order chi connectivity index (χ1) is 11.1. The maximum absolute atomic E-state index is 12.3. The van der Waals surface area contributed by atoms with Gasteiger partial charge in [-0.3, -0.25) is 9.59 Å². The van der Waals surface area contributed by atoms with E-state index in [9.17, 15) is 9.59 Å². The number of thioether (sulfide) groups is 4. The van der Waals surface area contributed by atoms with E-state index in [1.807, 2.05) is 47.0 Å². The van der Waals surface area contributed by atoms with E-state index in [1.54, 1.807) is 0 Å². The van der Waals surface area contributed by atoms with E-state index in [1.165, 1.54) is 12.8 Å². The molecule has 3 rings (SSSR count). The molecule has 4 atom stereocenters. The third-order valence-electron chi connectivity index (χ3n) is 6.30. The molecule has 0 amide bonds. The second kappa shape index (κ2) is 6.72. The molecule has 2 bridgehead atoms. The first-order valence-corrected chi connectivity index (χ1v) is 12.7. The molecule has 3 fully saturated rings. The van der Waals surface area contributed by atoms with Crippen molar-refractivity contribution >= 4 is 58.6 Å². The summed E-state index contributed by atoms with van der Waals surface area (Å²) in [7, 11) is 0. The van der Waals surface area contributed by atoms with E-state index < -0.39 is 0 Å². The summed E-state index contributed by atoms with van der Waals surface area (Å²) >= 11 is 7.50. The molecule has 1 saturated carbocycles. The van der Waals surface area contributed by atoms with Crippen molar-refractivity contribution in [2.45, 2.75) is 72.4 Å². The highest BCUT2D eigenvalue weighted by Gasteiger charge is 2.60. The SMILES string of the molecule is CC12CCCC3(C)SCC(=O)CSC3(C)C(C)(C1)SCC(=O)CS2. The smallest absolute Gasteiger partial charge is 0.152 e. The van der Waals surface area contributed by atoms with Crippen LogP contribution in [0.25, 0.3) is 0 Å².